The average molecular weight is 553 g/mol. The molecule has 0 amide bonds. The van der Waals surface area contributed by atoms with E-state index in [0.29, 0.717) is 30.0 Å². The Kier molecular flexibility index (Phi) is 7.63. The SMILES string of the molecule is CC(C)Oc1nnc(OC(C)C)c2c1nc(C1CCCCC1)n2Cc1ccc(-c2ccccc2-c2nnn[nH]2)cc1. The highest BCUT2D eigenvalue weighted by Gasteiger charge is 2.28. The summed E-state index contributed by atoms with van der Waals surface area (Å²) in [6.07, 6.45) is 5.85. The smallest absolute Gasteiger partial charge is 0.262 e. The van der Waals surface area contributed by atoms with Crippen LogP contribution in [0, 0.1) is 0 Å². The molecule has 1 saturated carbocycles. The van der Waals surface area contributed by atoms with Gasteiger partial charge in [0.15, 0.2) is 11.3 Å². The zero-order valence-corrected chi connectivity index (χ0v) is 24.0. The van der Waals surface area contributed by atoms with Crippen molar-refractivity contribution in [2.24, 2.45) is 0 Å². The number of aromatic nitrogens is 8. The van der Waals surface area contributed by atoms with Crippen molar-refractivity contribution < 1.29 is 9.47 Å². The van der Waals surface area contributed by atoms with Gasteiger partial charge in [0.2, 0.25) is 0 Å². The lowest BCUT2D eigenvalue weighted by molar-refractivity contribution is 0.219. The second-order valence-electron chi connectivity index (χ2n) is 11.2. The van der Waals surface area contributed by atoms with Crippen LogP contribution in [0.5, 0.6) is 11.8 Å². The molecule has 0 spiro atoms. The van der Waals surface area contributed by atoms with Crippen molar-refractivity contribution in [1.82, 2.24) is 40.4 Å². The van der Waals surface area contributed by atoms with Gasteiger partial charge < -0.3 is 14.0 Å². The van der Waals surface area contributed by atoms with E-state index in [-0.39, 0.29) is 12.2 Å². The molecular formula is C31H36N8O2. The molecule has 0 saturated heterocycles. The number of H-pyrrole nitrogens is 1. The summed E-state index contributed by atoms with van der Waals surface area (Å²) in [5, 5.41) is 23.4. The lowest BCUT2D eigenvalue weighted by Crippen LogP contribution is -2.15. The first kappa shape index (κ1) is 26.9. The van der Waals surface area contributed by atoms with Gasteiger partial charge in [0.05, 0.1) is 12.2 Å². The fourth-order valence-electron chi connectivity index (χ4n) is 5.65. The highest BCUT2D eigenvalue weighted by atomic mass is 16.5. The van der Waals surface area contributed by atoms with Crippen LogP contribution in [0.25, 0.3) is 33.5 Å². The summed E-state index contributed by atoms with van der Waals surface area (Å²) in [6, 6.07) is 16.8. The van der Waals surface area contributed by atoms with E-state index in [1.54, 1.807) is 0 Å². The Balaban J connectivity index is 1.42. The second-order valence-corrected chi connectivity index (χ2v) is 11.2. The van der Waals surface area contributed by atoms with E-state index >= 15 is 0 Å². The Bertz CT molecular complexity index is 1600. The molecule has 212 valence electrons. The molecule has 2 aromatic carbocycles. The van der Waals surface area contributed by atoms with E-state index in [2.05, 4.69) is 65.7 Å². The van der Waals surface area contributed by atoms with Gasteiger partial charge in [0.25, 0.3) is 11.8 Å². The van der Waals surface area contributed by atoms with Crippen LogP contribution in [0.15, 0.2) is 48.5 Å². The summed E-state index contributed by atoms with van der Waals surface area (Å²) in [5.41, 5.74) is 5.83. The van der Waals surface area contributed by atoms with Gasteiger partial charge in [-0.1, -0.05) is 67.8 Å². The van der Waals surface area contributed by atoms with Crippen molar-refractivity contribution in [2.45, 2.75) is 84.5 Å². The predicted octanol–water partition coefficient (Wildman–Crippen LogP) is 6.34. The van der Waals surface area contributed by atoms with Crippen molar-refractivity contribution in [1.29, 1.82) is 0 Å². The molecule has 0 unspecified atom stereocenters. The number of fused-ring (bicyclic) bond motifs is 1. The van der Waals surface area contributed by atoms with Crippen LogP contribution >= 0.6 is 0 Å². The van der Waals surface area contributed by atoms with Gasteiger partial charge in [0, 0.05) is 18.0 Å². The molecule has 3 aromatic heterocycles. The van der Waals surface area contributed by atoms with Crippen molar-refractivity contribution in [3.63, 3.8) is 0 Å². The average Bonchev–Trinajstić information content (AvgIpc) is 3.64. The first-order chi connectivity index (χ1) is 20.0. The molecule has 41 heavy (non-hydrogen) atoms. The summed E-state index contributed by atoms with van der Waals surface area (Å²) in [4.78, 5) is 5.19. The molecular weight excluding hydrogens is 516 g/mol. The Morgan fingerprint density at radius 3 is 2.20 bits per heavy atom. The molecule has 6 rings (SSSR count). The molecule has 0 bridgehead atoms. The fraction of sp³-hybridized carbons (Fsp3) is 0.419. The van der Waals surface area contributed by atoms with E-state index in [1.165, 1.54) is 19.3 Å². The van der Waals surface area contributed by atoms with Crippen LogP contribution in [0.1, 0.15) is 77.1 Å². The van der Waals surface area contributed by atoms with E-state index < -0.39 is 0 Å². The third-order valence-electron chi connectivity index (χ3n) is 7.43. The number of hydrogen-bond acceptors (Lipinski definition) is 8. The normalized spacial score (nSPS) is 14.3. The molecule has 0 radical (unpaired) electrons. The molecule has 0 atom stereocenters. The lowest BCUT2D eigenvalue weighted by Gasteiger charge is -2.22. The number of imidazole rings is 1. The summed E-state index contributed by atoms with van der Waals surface area (Å²) < 4.78 is 14.5. The minimum absolute atomic E-state index is 0.0455. The molecule has 0 aliphatic heterocycles. The van der Waals surface area contributed by atoms with Gasteiger partial charge in [-0.25, -0.2) is 10.1 Å². The quantitative estimate of drug-likeness (QED) is 0.225. The Morgan fingerprint density at radius 2 is 1.51 bits per heavy atom. The number of aromatic amines is 1. The van der Waals surface area contributed by atoms with Gasteiger partial charge in [-0.15, -0.1) is 15.3 Å². The summed E-state index contributed by atoms with van der Waals surface area (Å²) in [7, 11) is 0. The lowest BCUT2D eigenvalue weighted by atomic mass is 9.88. The number of ether oxygens (including phenoxy) is 2. The van der Waals surface area contributed by atoms with Gasteiger partial charge >= 0.3 is 0 Å². The Labute approximate surface area is 239 Å². The van der Waals surface area contributed by atoms with Crippen LogP contribution in [0.3, 0.4) is 0 Å². The zero-order chi connectivity index (χ0) is 28.3. The third kappa shape index (κ3) is 5.64. The molecule has 3 heterocycles. The van der Waals surface area contributed by atoms with Crippen molar-refractivity contribution >= 4 is 11.0 Å². The summed E-state index contributed by atoms with van der Waals surface area (Å²) in [6.45, 7) is 8.62. The van der Waals surface area contributed by atoms with Gasteiger partial charge in [-0.05, 0) is 67.7 Å². The number of tetrazole rings is 1. The maximum Gasteiger partial charge on any atom is 0.262 e. The van der Waals surface area contributed by atoms with Crippen LogP contribution in [0.2, 0.25) is 0 Å². The van der Waals surface area contributed by atoms with Gasteiger partial charge in [-0.3, -0.25) is 0 Å². The largest absolute Gasteiger partial charge is 0.472 e. The van der Waals surface area contributed by atoms with Crippen LogP contribution in [0.4, 0.5) is 0 Å². The number of nitrogens with zero attached hydrogens (tertiary/aromatic N) is 7. The molecule has 5 aromatic rings. The maximum absolute atomic E-state index is 6.18. The molecule has 1 fully saturated rings. The first-order valence-electron chi connectivity index (χ1n) is 14.5. The summed E-state index contributed by atoms with van der Waals surface area (Å²) in [5.74, 6) is 3.02. The highest BCUT2D eigenvalue weighted by molar-refractivity contribution is 5.85. The second kappa shape index (κ2) is 11.6. The van der Waals surface area contributed by atoms with Crippen molar-refractivity contribution in [3.8, 4) is 34.3 Å². The first-order valence-corrected chi connectivity index (χ1v) is 14.5. The Morgan fingerprint density at radius 1 is 0.829 bits per heavy atom. The zero-order valence-electron chi connectivity index (χ0n) is 24.0. The standard InChI is InChI=1S/C31H36N8O2/c1-19(2)40-30-26-27(31(36-35-30)41-20(3)4)39(29(32-26)23-10-6-5-7-11-23)18-21-14-16-22(17-15-21)24-12-8-9-13-25(24)28-33-37-38-34-28/h8-9,12-17,19-20,23H,5-7,10-11,18H2,1-4H3,(H,33,34,37,38). The van der Waals surface area contributed by atoms with Crippen LogP contribution in [-0.2, 0) is 6.54 Å². The Hall–Kier alpha value is -4.34. The third-order valence-corrected chi connectivity index (χ3v) is 7.43. The molecule has 10 heteroatoms. The number of benzene rings is 2. The van der Waals surface area contributed by atoms with Crippen molar-refractivity contribution in [3.05, 3.63) is 59.9 Å². The number of hydrogen-bond donors (Lipinski definition) is 1. The summed E-state index contributed by atoms with van der Waals surface area (Å²) >= 11 is 0. The van der Waals surface area contributed by atoms with Crippen molar-refractivity contribution in [2.75, 3.05) is 0 Å². The van der Waals surface area contributed by atoms with E-state index in [9.17, 15) is 0 Å². The number of nitrogens with one attached hydrogen (secondary N) is 1. The predicted molar refractivity (Wildman–Crippen MR) is 157 cm³/mol. The molecule has 1 aliphatic carbocycles. The molecule has 1 N–H and O–H groups in total. The van der Waals surface area contributed by atoms with E-state index in [1.807, 2.05) is 45.9 Å². The van der Waals surface area contributed by atoms with Crippen LogP contribution in [-0.4, -0.2) is 52.6 Å². The molecule has 10 nitrogen and oxygen atoms in total. The van der Waals surface area contributed by atoms with Gasteiger partial charge in [0.1, 0.15) is 11.3 Å². The monoisotopic (exact) mass is 552 g/mol. The van der Waals surface area contributed by atoms with E-state index in [4.69, 9.17) is 14.5 Å². The fourth-order valence-corrected chi connectivity index (χ4v) is 5.65. The topological polar surface area (TPSA) is 117 Å². The van der Waals surface area contributed by atoms with E-state index in [0.717, 1.165) is 52.0 Å². The minimum Gasteiger partial charge on any atom is -0.472 e. The molecule has 1 aliphatic rings. The van der Waals surface area contributed by atoms with Gasteiger partial charge in [-0.2, -0.15) is 0 Å². The minimum atomic E-state index is -0.0511. The highest BCUT2D eigenvalue weighted by Crippen LogP contribution is 2.39. The van der Waals surface area contributed by atoms with Crippen LogP contribution < -0.4 is 9.47 Å². The maximum atomic E-state index is 6.18. The number of rotatable bonds is 9.